The maximum Gasteiger partial charge on any atom is 0.338 e. The molecule has 2 aromatic carbocycles. The number of ether oxygens (including phenoxy) is 1. The number of benzene rings is 2. The quantitative estimate of drug-likeness (QED) is 0.491. The third kappa shape index (κ3) is 6.49. The molecule has 1 fully saturated rings. The van der Waals surface area contributed by atoms with E-state index in [1.54, 1.807) is 31.2 Å². The van der Waals surface area contributed by atoms with Gasteiger partial charge in [0.2, 0.25) is 5.91 Å². The molecule has 1 unspecified atom stereocenters. The van der Waals surface area contributed by atoms with Gasteiger partial charge in [-0.05, 0) is 74.1 Å². The third-order valence-electron chi connectivity index (χ3n) is 5.80. The number of anilines is 1. The van der Waals surface area contributed by atoms with E-state index in [2.05, 4.69) is 23.2 Å². The summed E-state index contributed by atoms with van der Waals surface area (Å²) in [5.41, 5.74) is 3.61. The maximum absolute atomic E-state index is 12.9. The minimum atomic E-state index is -0.349. The van der Waals surface area contributed by atoms with Gasteiger partial charge in [0.1, 0.15) is 0 Å². The Hall–Kier alpha value is -2.53. The first-order valence-corrected chi connectivity index (χ1v) is 12.0. The summed E-state index contributed by atoms with van der Waals surface area (Å²) in [6, 6.07) is 12.9. The molecule has 6 heteroatoms. The predicted molar refractivity (Wildman–Crippen MR) is 129 cm³/mol. The van der Waals surface area contributed by atoms with E-state index in [1.807, 2.05) is 12.1 Å². The molecule has 1 aliphatic heterocycles. The van der Waals surface area contributed by atoms with Crippen LogP contribution in [0.15, 0.2) is 42.5 Å². The fraction of sp³-hybridized carbons (Fsp3) is 0.462. The number of nitrogens with one attached hydrogen (secondary N) is 1. The fourth-order valence-corrected chi connectivity index (χ4v) is 4.41. The summed E-state index contributed by atoms with van der Waals surface area (Å²) in [4.78, 5) is 27.2. The molecule has 1 aliphatic rings. The second-order valence-electron chi connectivity index (χ2n) is 8.25. The molecule has 0 aliphatic carbocycles. The van der Waals surface area contributed by atoms with Crippen molar-refractivity contribution < 1.29 is 14.3 Å². The highest BCUT2D eigenvalue weighted by Crippen LogP contribution is 2.33. The van der Waals surface area contributed by atoms with Crippen LogP contribution in [-0.2, 0) is 16.0 Å². The average molecular weight is 457 g/mol. The summed E-state index contributed by atoms with van der Waals surface area (Å²) < 4.78 is 5.02. The number of esters is 1. The molecule has 0 aromatic heterocycles. The van der Waals surface area contributed by atoms with Crippen LogP contribution in [0.25, 0.3) is 0 Å². The Bertz CT molecular complexity index is 908. The number of amides is 1. The van der Waals surface area contributed by atoms with Gasteiger partial charge in [0.05, 0.1) is 24.6 Å². The van der Waals surface area contributed by atoms with Crippen LogP contribution >= 0.6 is 11.6 Å². The van der Waals surface area contributed by atoms with Crippen molar-refractivity contribution in [1.29, 1.82) is 0 Å². The van der Waals surface area contributed by atoms with Crippen molar-refractivity contribution in [3.63, 3.8) is 0 Å². The molecule has 0 spiro atoms. The second-order valence-corrected chi connectivity index (χ2v) is 8.69. The van der Waals surface area contributed by atoms with Gasteiger partial charge in [-0.1, -0.05) is 37.1 Å². The monoisotopic (exact) mass is 456 g/mol. The van der Waals surface area contributed by atoms with E-state index in [1.165, 1.54) is 24.9 Å². The van der Waals surface area contributed by atoms with Crippen LogP contribution in [0, 0.1) is 0 Å². The van der Waals surface area contributed by atoms with Crippen molar-refractivity contribution in [3.8, 4) is 0 Å². The van der Waals surface area contributed by atoms with Crippen LogP contribution in [0.5, 0.6) is 0 Å². The summed E-state index contributed by atoms with van der Waals surface area (Å²) in [7, 11) is 0. The SMILES string of the molecule is CCCC(NC(=O)Cc1ccc(C(=O)OCC)cc1)c1cc(Cl)ccc1N1CCCCC1. The highest BCUT2D eigenvalue weighted by atomic mass is 35.5. The molecule has 32 heavy (non-hydrogen) atoms. The molecule has 1 amide bonds. The van der Waals surface area contributed by atoms with E-state index in [-0.39, 0.29) is 24.3 Å². The van der Waals surface area contributed by atoms with Gasteiger partial charge in [-0.3, -0.25) is 4.79 Å². The van der Waals surface area contributed by atoms with E-state index in [0.29, 0.717) is 17.2 Å². The Morgan fingerprint density at radius 3 is 2.44 bits per heavy atom. The van der Waals surface area contributed by atoms with Crippen LogP contribution in [0.2, 0.25) is 5.02 Å². The zero-order valence-electron chi connectivity index (χ0n) is 19.0. The minimum absolute atomic E-state index is 0.0445. The van der Waals surface area contributed by atoms with E-state index >= 15 is 0 Å². The zero-order valence-corrected chi connectivity index (χ0v) is 19.8. The Balaban J connectivity index is 1.73. The first kappa shape index (κ1) is 24.1. The molecule has 172 valence electrons. The largest absolute Gasteiger partial charge is 0.462 e. The Kier molecular flexibility index (Phi) is 8.98. The lowest BCUT2D eigenvalue weighted by molar-refractivity contribution is -0.121. The van der Waals surface area contributed by atoms with Gasteiger partial charge in [0, 0.05) is 23.8 Å². The molecule has 1 saturated heterocycles. The number of piperidine rings is 1. The van der Waals surface area contributed by atoms with Gasteiger partial charge >= 0.3 is 5.97 Å². The van der Waals surface area contributed by atoms with Crippen LogP contribution in [0.4, 0.5) is 5.69 Å². The predicted octanol–water partition coefficient (Wildman–Crippen LogP) is 5.71. The Labute approximate surface area is 196 Å². The lowest BCUT2D eigenvalue weighted by Gasteiger charge is -2.33. The zero-order chi connectivity index (χ0) is 22.9. The molecule has 0 radical (unpaired) electrons. The number of halogens is 1. The lowest BCUT2D eigenvalue weighted by atomic mass is 9.97. The first-order chi connectivity index (χ1) is 15.5. The first-order valence-electron chi connectivity index (χ1n) is 11.6. The number of carbonyl (C=O) groups is 2. The maximum atomic E-state index is 12.9. The highest BCUT2D eigenvalue weighted by molar-refractivity contribution is 6.30. The molecule has 1 atom stereocenters. The van der Waals surface area contributed by atoms with Gasteiger partial charge in [-0.15, -0.1) is 0 Å². The number of hydrogen-bond donors (Lipinski definition) is 1. The third-order valence-corrected chi connectivity index (χ3v) is 6.04. The Morgan fingerprint density at radius 1 is 1.06 bits per heavy atom. The number of rotatable bonds is 9. The van der Waals surface area contributed by atoms with Crippen LogP contribution < -0.4 is 10.2 Å². The highest BCUT2D eigenvalue weighted by Gasteiger charge is 2.22. The van der Waals surface area contributed by atoms with Crippen molar-refractivity contribution in [3.05, 3.63) is 64.2 Å². The van der Waals surface area contributed by atoms with Crippen LogP contribution in [-0.4, -0.2) is 31.6 Å². The molecule has 2 aromatic rings. The molecule has 0 saturated carbocycles. The summed E-state index contributed by atoms with van der Waals surface area (Å²) >= 11 is 6.36. The van der Waals surface area contributed by atoms with Crippen molar-refractivity contribution in [2.24, 2.45) is 0 Å². The summed E-state index contributed by atoms with van der Waals surface area (Å²) in [6.07, 6.45) is 5.69. The molecule has 0 bridgehead atoms. The van der Waals surface area contributed by atoms with Gasteiger partial charge < -0.3 is 15.0 Å². The summed E-state index contributed by atoms with van der Waals surface area (Å²) in [5.74, 6) is -0.394. The lowest BCUT2D eigenvalue weighted by Crippen LogP contribution is -2.34. The summed E-state index contributed by atoms with van der Waals surface area (Å²) in [6.45, 7) is 6.31. The van der Waals surface area contributed by atoms with E-state index < -0.39 is 0 Å². The number of hydrogen-bond acceptors (Lipinski definition) is 4. The van der Waals surface area contributed by atoms with Crippen molar-refractivity contribution >= 4 is 29.2 Å². The fourth-order valence-electron chi connectivity index (χ4n) is 4.23. The van der Waals surface area contributed by atoms with Gasteiger partial charge in [-0.25, -0.2) is 4.79 Å². The average Bonchev–Trinajstić information content (AvgIpc) is 2.80. The van der Waals surface area contributed by atoms with Gasteiger partial charge in [-0.2, -0.15) is 0 Å². The van der Waals surface area contributed by atoms with E-state index in [4.69, 9.17) is 16.3 Å². The van der Waals surface area contributed by atoms with E-state index in [9.17, 15) is 9.59 Å². The van der Waals surface area contributed by atoms with Gasteiger partial charge in [0.15, 0.2) is 0 Å². The topological polar surface area (TPSA) is 58.6 Å². The molecular formula is C26H33ClN2O3. The van der Waals surface area contributed by atoms with Crippen LogP contribution in [0.1, 0.15) is 73.5 Å². The number of nitrogens with zero attached hydrogens (tertiary/aromatic N) is 1. The second kappa shape index (κ2) is 11.9. The van der Waals surface area contributed by atoms with Crippen LogP contribution in [0.3, 0.4) is 0 Å². The molecule has 5 nitrogen and oxygen atoms in total. The number of carbonyl (C=O) groups excluding carboxylic acids is 2. The smallest absolute Gasteiger partial charge is 0.338 e. The summed E-state index contributed by atoms with van der Waals surface area (Å²) in [5, 5.41) is 3.92. The Morgan fingerprint density at radius 2 is 1.78 bits per heavy atom. The van der Waals surface area contributed by atoms with Crippen molar-refractivity contribution in [2.45, 2.75) is 58.4 Å². The molecule has 3 rings (SSSR count). The normalized spacial score (nSPS) is 14.7. The molecular weight excluding hydrogens is 424 g/mol. The molecule has 1 heterocycles. The molecule has 1 N–H and O–H groups in total. The van der Waals surface area contributed by atoms with Crippen molar-refractivity contribution in [2.75, 3.05) is 24.6 Å². The standard InChI is InChI=1S/C26H33ClN2O3/c1-3-8-23(22-18-21(27)13-14-24(22)29-15-6-5-7-16-29)28-25(30)17-19-9-11-20(12-10-19)26(31)32-4-2/h9-14,18,23H,3-8,15-17H2,1-2H3,(H,28,30). The van der Waals surface area contributed by atoms with Gasteiger partial charge in [0.25, 0.3) is 0 Å². The minimum Gasteiger partial charge on any atom is -0.462 e. The van der Waals surface area contributed by atoms with Crippen molar-refractivity contribution in [1.82, 2.24) is 5.32 Å². The van der Waals surface area contributed by atoms with E-state index in [0.717, 1.165) is 37.1 Å².